The van der Waals surface area contributed by atoms with Gasteiger partial charge in [-0.2, -0.15) is 0 Å². The first-order valence-electron chi connectivity index (χ1n) is 6.48. The molecule has 1 unspecified atom stereocenters. The highest BCUT2D eigenvalue weighted by Crippen LogP contribution is 2.14. The number of sulfone groups is 1. The highest BCUT2D eigenvalue weighted by molar-refractivity contribution is 9.10. The van der Waals surface area contributed by atoms with E-state index in [4.69, 9.17) is 5.73 Å². The van der Waals surface area contributed by atoms with Crippen molar-refractivity contribution in [3.63, 3.8) is 0 Å². The minimum Gasteiger partial charge on any atom is -0.383 e. The summed E-state index contributed by atoms with van der Waals surface area (Å²) in [7, 11) is -3.09. The summed E-state index contributed by atoms with van der Waals surface area (Å²) in [6.07, 6.45) is 1.25. The normalized spacial score (nSPS) is 12.7. The third kappa shape index (κ3) is 8.03. The molecular formula is C13H20BrN3O3S. The summed E-state index contributed by atoms with van der Waals surface area (Å²) in [6, 6.07) is 6.88. The first-order chi connectivity index (χ1) is 9.78. The van der Waals surface area contributed by atoms with E-state index in [1.54, 1.807) is 0 Å². The zero-order chi connectivity index (χ0) is 15.9. The summed E-state index contributed by atoms with van der Waals surface area (Å²) >= 11 is 3.37. The number of rotatable bonds is 8. The Hall–Kier alpha value is -1.12. The van der Waals surface area contributed by atoms with E-state index in [0.29, 0.717) is 13.1 Å². The zero-order valence-electron chi connectivity index (χ0n) is 11.8. The van der Waals surface area contributed by atoms with E-state index in [-0.39, 0.29) is 18.1 Å². The second kappa shape index (κ2) is 8.35. The lowest BCUT2D eigenvalue weighted by molar-refractivity contribution is -0.122. The quantitative estimate of drug-likeness (QED) is 0.580. The Morgan fingerprint density at radius 3 is 2.71 bits per heavy atom. The molecule has 0 fully saturated rings. The summed E-state index contributed by atoms with van der Waals surface area (Å²) in [5.41, 5.74) is 6.58. The van der Waals surface area contributed by atoms with Gasteiger partial charge in [-0.3, -0.25) is 4.79 Å². The standard InChI is InChI=1S/C13H20BrN3O3S/c1-21(19,20)8-5-12(15)13(18)17-7-6-16-11-4-2-3-10(14)9-11/h2-4,9,12,16H,5-8,15H2,1H3,(H,17,18). The van der Waals surface area contributed by atoms with Crippen molar-refractivity contribution in [2.24, 2.45) is 5.73 Å². The molecule has 0 aliphatic heterocycles. The molecule has 4 N–H and O–H groups in total. The van der Waals surface area contributed by atoms with Crippen molar-refractivity contribution >= 4 is 37.4 Å². The van der Waals surface area contributed by atoms with Gasteiger partial charge in [-0.15, -0.1) is 0 Å². The minimum atomic E-state index is -3.09. The molecule has 0 spiro atoms. The Labute approximate surface area is 133 Å². The highest BCUT2D eigenvalue weighted by Gasteiger charge is 2.15. The number of halogens is 1. The van der Waals surface area contributed by atoms with Crippen molar-refractivity contribution in [3.8, 4) is 0 Å². The number of hydrogen-bond donors (Lipinski definition) is 3. The fourth-order valence-corrected chi connectivity index (χ4v) is 2.68. The van der Waals surface area contributed by atoms with Crippen LogP contribution in [0.15, 0.2) is 28.7 Å². The molecule has 21 heavy (non-hydrogen) atoms. The van der Waals surface area contributed by atoms with Gasteiger partial charge >= 0.3 is 0 Å². The van der Waals surface area contributed by atoms with E-state index in [2.05, 4.69) is 26.6 Å². The molecule has 1 amide bonds. The fraction of sp³-hybridized carbons (Fsp3) is 0.462. The van der Waals surface area contributed by atoms with Crippen LogP contribution >= 0.6 is 15.9 Å². The molecule has 118 valence electrons. The third-order valence-corrected chi connectivity index (χ3v) is 4.18. The van der Waals surface area contributed by atoms with Gasteiger partial charge in [0.05, 0.1) is 11.8 Å². The minimum absolute atomic E-state index is 0.0854. The monoisotopic (exact) mass is 377 g/mol. The van der Waals surface area contributed by atoms with Crippen LogP contribution in [0.2, 0.25) is 0 Å². The van der Waals surface area contributed by atoms with E-state index < -0.39 is 15.9 Å². The lowest BCUT2D eigenvalue weighted by atomic mass is 10.2. The Bertz CT molecular complexity index is 578. The first-order valence-corrected chi connectivity index (χ1v) is 9.34. The molecule has 0 radical (unpaired) electrons. The SMILES string of the molecule is CS(=O)(=O)CCC(N)C(=O)NCCNc1cccc(Br)c1. The van der Waals surface area contributed by atoms with Crippen LogP contribution in [-0.2, 0) is 14.6 Å². The smallest absolute Gasteiger partial charge is 0.237 e. The maximum Gasteiger partial charge on any atom is 0.237 e. The summed E-state index contributed by atoms with van der Waals surface area (Å²) in [4.78, 5) is 11.7. The number of nitrogens with two attached hydrogens (primary N) is 1. The van der Waals surface area contributed by atoms with Crippen LogP contribution in [0.3, 0.4) is 0 Å². The van der Waals surface area contributed by atoms with E-state index in [1.807, 2.05) is 24.3 Å². The van der Waals surface area contributed by atoms with E-state index >= 15 is 0 Å². The lowest BCUT2D eigenvalue weighted by Gasteiger charge is -2.12. The molecule has 0 aliphatic carbocycles. The van der Waals surface area contributed by atoms with Gasteiger partial charge in [-0.1, -0.05) is 22.0 Å². The number of hydrogen-bond acceptors (Lipinski definition) is 5. The number of anilines is 1. The first kappa shape index (κ1) is 17.9. The molecule has 1 aromatic rings. The van der Waals surface area contributed by atoms with Gasteiger partial charge in [-0.25, -0.2) is 8.42 Å². The second-order valence-corrected chi connectivity index (χ2v) is 7.93. The molecule has 0 bridgehead atoms. The molecule has 0 aliphatic rings. The molecular weight excluding hydrogens is 358 g/mol. The van der Waals surface area contributed by atoms with E-state index in [9.17, 15) is 13.2 Å². The van der Waals surface area contributed by atoms with Crippen molar-refractivity contribution in [1.82, 2.24) is 5.32 Å². The summed E-state index contributed by atoms with van der Waals surface area (Å²) in [5, 5.41) is 5.83. The molecule has 6 nitrogen and oxygen atoms in total. The highest BCUT2D eigenvalue weighted by atomic mass is 79.9. The van der Waals surface area contributed by atoms with Crippen molar-refractivity contribution in [2.75, 3.05) is 30.4 Å². The average Bonchev–Trinajstić information content (AvgIpc) is 2.40. The topological polar surface area (TPSA) is 101 Å². The summed E-state index contributed by atoms with van der Waals surface area (Å²) in [6.45, 7) is 0.971. The van der Waals surface area contributed by atoms with Crippen molar-refractivity contribution in [2.45, 2.75) is 12.5 Å². The molecule has 1 aromatic carbocycles. The van der Waals surface area contributed by atoms with Gasteiger partial charge in [0.15, 0.2) is 0 Å². The number of nitrogens with one attached hydrogen (secondary N) is 2. The maximum absolute atomic E-state index is 11.7. The molecule has 0 saturated heterocycles. The van der Waals surface area contributed by atoms with Gasteiger partial charge in [0.2, 0.25) is 5.91 Å². The Morgan fingerprint density at radius 1 is 1.38 bits per heavy atom. The van der Waals surface area contributed by atoms with Crippen LogP contribution < -0.4 is 16.4 Å². The van der Waals surface area contributed by atoms with Crippen LogP contribution in [0, 0.1) is 0 Å². The fourth-order valence-electron chi connectivity index (χ4n) is 1.59. The van der Waals surface area contributed by atoms with Crippen LogP contribution in [0.25, 0.3) is 0 Å². The predicted molar refractivity (Wildman–Crippen MR) is 87.9 cm³/mol. The largest absolute Gasteiger partial charge is 0.383 e. The Kier molecular flexibility index (Phi) is 7.13. The van der Waals surface area contributed by atoms with Crippen LogP contribution in [0.5, 0.6) is 0 Å². The van der Waals surface area contributed by atoms with E-state index in [1.165, 1.54) is 0 Å². The number of carbonyl (C=O) groups is 1. The molecule has 8 heteroatoms. The van der Waals surface area contributed by atoms with Crippen molar-refractivity contribution in [3.05, 3.63) is 28.7 Å². The molecule has 0 saturated carbocycles. The lowest BCUT2D eigenvalue weighted by Crippen LogP contribution is -2.43. The third-order valence-electron chi connectivity index (χ3n) is 2.71. The van der Waals surface area contributed by atoms with Crippen LogP contribution in [0.4, 0.5) is 5.69 Å². The van der Waals surface area contributed by atoms with Gasteiger partial charge in [0, 0.05) is 29.5 Å². The number of amides is 1. The Morgan fingerprint density at radius 2 is 2.10 bits per heavy atom. The Balaban J connectivity index is 2.24. The zero-order valence-corrected chi connectivity index (χ0v) is 14.2. The van der Waals surface area contributed by atoms with Gasteiger partial charge in [0.1, 0.15) is 9.84 Å². The molecule has 0 heterocycles. The van der Waals surface area contributed by atoms with Gasteiger partial charge in [-0.05, 0) is 24.6 Å². The predicted octanol–water partition coefficient (Wildman–Crippen LogP) is 0.739. The van der Waals surface area contributed by atoms with Crippen LogP contribution in [-0.4, -0.2) is 45.5 Å². The van der Waals surface area contributed by atoms with Gasteiger partial charge in [0.25, 0.3) is 0 Å². The molecule has 1 rings (SSSR count). The number of benzene rings is 1. The van der Waals surface area contributed by atoms with Crippen molar-refractivity contribution in [1.29, 1.82) is 0 Å². The summed E-state index contributed by atoms with van der Waals surface area (Å²) < 4.78 is 23.0. The van der Waals surface area contributed by atoms with Crippen LogP contribution in [0.1, 0.15) is 6.42 Å². The maximum atomic E-state index is 11.7. The average molecular weight is 378 g/mol. The molecule has 1 atom stereocenters. The van der Waals surface area contributed by atoms with Crippen molar-refractivity contribution < 1.29 is 13.2 Å². The van der Waals surface area contributed by atoms with Gasteiger partial charge < -0.3 is 16.4 Å². The number of carbonyl (C=O) groups excluding carboxylic acids is 1. The summed E-state index contributed by atoms with van der Waals surface area (Å²) in [5.74, 6) is -0.424. The molecule has 0 aromatic heterocycles. The second-order valence-electron chi connectivity index (χ2n) is 4.75. The van der Waals surface area contributed by atoms with E-state index in [0.717, 1.165) is 16.4 Å².